The van der Waals surface area contributed by atoms with Crippen LogP contribution in [-0.2, 0) is 6.54 Å². The molecule has 1 unspecified atom stereocenters. The highest BCUT2D eigenvalue weighted by molar-refractivity contribution is 5.51. The summed E-state index contributed by atoms with van der Waals surface area (Å²) < 4.78 is 5.95. The van der Waals surface area contributed by atoms with Crippen LogP contribution in [0.2, 0.25) is 0 Å². The van der Waals surface area contributed by atoms with Crippen molar-refractivity contribution in [2.75, 3.05) is 4.90 Å². The molecule has 92 valence electrons. The highest BCUT2D eigenvalue weighted by atomic mass is 16.5. The fourth-order valence-corrected chi connectivity index (χ4v) is 2.35. The van der Waals surface area contributed by atoms with Crippen LogP contribution in [0.5, 0.6) is 5.75 Å². The van der Waals surface area contributed by atoms with Crippen molar-refractivity contribution in [1.82, 2.24) is 0 Å². The number of hydrogen-bond acceptors (Lipinski definition) is 2. The van der Waals surface area contributed by atoms with Gasteiger partial charge in [-0.25, -0.2) is 0 Å². The Hall–Kier alpha value is -1.96. The minimum absolute atomic E-state index is 0.0719. The Kier molecular flexibility index (Phi) is 2.71. The molecule has 0 fully saturated rings. The Morgan fingerprint density at radius 3 is 2.56 bits per heavy atom. The molecule has 0 aliphatic carbocycles. The number of fused-ring (bicyclic) bond motifs is 1. The van der Waals surface area contributed by atoms with E-state index >= 15 is 0 Å². The van der Waals surface area contributed by atoms with Gasteiger partial charge in [0, 0.05) is 11.3 Å². The first kappa shape index (κ1) is 11.1. The van der Waals surface area contributed by atoms with E-state index in [0.29, 0.717) is 0 Å². The summed E-state index contributed by atoms with van der Waals surface area (Å²) in [7, 11) is 0. The Morgan fingerprint density at radius 1 is 1.06 bits per heavy atom. The molecule has 3 rings (SSSR count). The molecule has 0 bridgehead atoms. The normalized spacial score (nSPS) is 18.1. The van der Waals surface area contributed by atoms with Gasteiger partial charge >= 0.3 is 0 Å². The van der Waals surface area contributed by atoms with Crippen LogP contribution in [0.1, 0.15) is 18.1 Å². The number of benzene rings is 2. The van der Waals surface area contributed by atoms with E-state index in [-0.39, 0.29) is 6.23 Å². The fourth-order valence-electron chi connectivity index (χ4n) is 2.35. The first-order chi connectivity index (χ1) is 8.74. The van der Waals surface area contributed by atoms with Crippen LogP contribution >= 0.6 is 0 Å². The third-order valence-electron chi connectivity index (χ3n) is 3.42. The lowest BCUT2D eigenvalue weighted by Crippen LogP contribution is -2.40. The van der Waals surface area contributed by atoms with Crippen molar-refractivity contribution >= 4 is 5.69 Å². The summed E-state index contributed by atoms with van der Waals surface area (Å²) in [6.45, 7) is 5.10. The average Bonchev–Trinajstić information content (AvgIpc) is 2.39. The van der Waals surface area contributed by atoms with Crippen molar-refractivity contribution in [3.8, 4) is 5.75 Å². The molecule has 0 saturated heterocycles. The van der Waals surface area contributed by atoms with Gasteiger partial charge in [0.05, 0.1) is 6.54 Å². The van der Waals surface area contributed by atoms with E-state index in [4.69, 9.17) is 4.74 Å². The van der Waals surface area contributed by atoms with E-state index in [1.807, 2.05) is 12.1 Å². The van der Waals surface area contributed by atoms with Gasteiger partial charge in [-0.15, -0.1) is 0 Å². The Bertz CT molecular complexity index is 547. The molecule has 0 aromatic heterocycles. The van der Waals surface area contributed by atoms with Gasteiger partial charge in [0.1, 0.15) is 5.75 Å². The monoisotopic (exact) mass is 239 g/mol. The lowest BCUT2D eigenvalue weighted by Gasteiger charge is -2.36. The number of hydrogen-bond donors (Lipinski definition) is 0. The van der Waals surface area contributed by atoms with Crippen molar-refractivity contribution in [3.05, 3.63) is 59.7 Å². The minimum atomic E-state index is 0.0719. The summed E-state index contributed by atoms with van der Waals surface area (Å²) in [6, 6.07) is 16.8. The van der Waals surface area contributed by atoms with Gasteiger partial charge in [-0.05, 0) is 32.0 Å². The molecule has 18 heavy (non-hydrogen) atoms. The Morgan fingerprint density at radius 2 is 1.78 bits per heavy atom. The third-order valence-corrected chi connectivity index (χ3v) is 3.42. The zero-order valence-corrected chi connectivity index (χ0v) is 10.8. The highest BCUT2D eigenvalue weighted by Crippen LogP contribution is 2.31. The molecule has 2 aromatic rings. The number of anilines is 1. The van der Waals surface area contributed by atoms with Crippen LogP contribution in [0.25, 0.3) is 0 Å². The number of rotatable bonds is 1. The molecule has 1 heterocycles. The van der Waals surface area contributed by atoms with E-state index < -0.39 is 0 Å². The van der Waals surface area contributed by atoms with Crippen molar-refractivity contribution < 1.29 is 4.74 Å². The topological polar surface area (TPSA) is 12.5 Å². The number of ether oxygens (including phenoxy) is 1. The summed E-state index contributed by atoms with van der Waals surface area (Å²) in [5.41, 5.74) is 3.74. The number of para-hydroxylation sites is 1. The third kappa shape index (κ3) is 1.94. The maximum absolute atomic E-state index is 5.95. The van der Waals surface area contributed by atoms with Gasteiger partial charge in [0.2, 0.25) is 0 Å². The second kappa shape index (κ2) is 4.37. The van der Waals surface area contributed by atoms with Crippen molar-refractivity contribution in [2.45, 2.75) is 26.6 Å². The summed E-state index contributed by atoms with van der Waals surface area (Å²) >= 11 is 0. The van der Waals surface area contributed by atoms with Crippen LogP contribution in [-0.4, -0.2) is 6.23 Å². The van der Waals surface area contributed by atoms with Crippen LogP contribution in [0, 0.1) is 6.92 Å². The number of aryl methyl sites for hydroxylation is 1. The summed E-state index contributed by atoms with van der Waals surface area (Å²) in [5.74, 6) is 1.01. The molecule has 2 heteroatoms. The summed E-state index contributed by atoms with van der Waals surface area (Å²) in [5, 5.41) is 0. The molecule has 0 radical (unpaired) electrons. The second-order valence-corrected chi connectivity index (χ2v) is 4.79. The first-order valence-corrected chi connectivity index (χ1v) is 6.32. The maximum Gasteiger partial charge on any atom is 0.169 e. The van der Waals surface area contributed by atoms with E-state index in [9.17, 15) is 0 Å². The Labute approximate surface area is 108 Å². The van der Waals surface area contributed by atoms with Gasteiger partial charge in [-0.1, -0.05) is 35.9 Å². The first-order valence-electron chi connectivity index (χ1n) is 6.32. The largest absolute Gasteiger partial charge is 0.470 e. The van der Waals surface area contributed by atoms with E-state index in [1.54, 1.807) is 0 Å². The van der Waals surface area contributed by atoms with Crippen LogP contribution < -0.4 is 9.64 Å². The quantitative estimate of drug-likeness (QED) is 0.751. The van der Waals surface area contributed by atoms with E-state index in [2.05, 4.69) is 55.1 Å². The molecule has 1 aliphatic rings. The minimum Gasteiger partial charge on any atom is -0.470 e. The van der Waals surface area contributed by atoms with Gasteiger partial charge in [0.25, 0.3) is 0 Å². The van der Waals surface area contributed by atoms with Gasteiger partial charge < -0.3 is 9.64 Å². The SMILES string of the molecule is Cc1ccc(N2Cc3ccccc3OC2C)cc1. The fraction of sp³-hybridized carbons (Fsp3) is 0.250. The molecule has 1 aliphatic heterocycles. The molecule has 0 amide bonds. The molecule has 0 saturated carbocycles. The lowest BCUT2D eigenvalue weighted by molar-refractivity contribution is 0.194. The zero-order valence-electron chi connectivity index (χ0n) is 10.8. The van der Waals surface area contributed by atoms with Crippen LogP contribution in [0.3, 0.4) is 0 Å². The molecular weight excluding hydrogens is 222 g/mol. The molecule has 2 aromatic carbocycles. The number of nitrogens with zero attached hydrogens (tertiary/aromatic N) is 1. The second-order valence-electron chi connectivity index (χ2n) is 4.79. The molecule has 2 nitrogen and oxygen atoms in total. The highest BCUT2D eigenvalue weighted by Gasteiger charge is 2.23. The van der Waals surface area contributed by atoms with Crippen LogP contribution in [0.15, 0.2) is 48.5 Å². The Balaban J connectivity index is 1.93. The zero-order chi connectivity index (χ0) is 12.5. The van der Waals surface area contributed by atoms with Gasteiger partial charge in [-0.3, -0.25) is 0 Å². The van der Waals surface area contributed by atoms with Crippen molar-refractivity contribution in [2.24, 2.45) is 0 Å². The van der Waals surface area contributed by atoms with Gasteiger partial charge in [-0.2, -0.15) is 0 Å². The van der Waals surface area contributed by atoms with Crippen LogP contribution in [0.4, 0.5) is 5.69 Å². The average molecular weight is 239 g/mol. The molecule has 1 atom stereocenters. The molecule has 0 spiro atoms. The van der Waals surface area contributed by atoms with E-state index in [1.165, 1.54) is 16.8 Å². The molecule has 0 N–H and O–H groups in total. The standard InChI is InChI=1S/C16H17NO/c1-12-7-9-15(10-8-12)17-11-14-5-3-4-6-16(14)18-13(17)2/h3-10,13H,11H2,1-2H3. The van der Waals surface area contributed by atoms with E-state index in [0.717, 1.165) is 12.3 Å². The lowest BCUT2D eigenvalue weighted by atomic mass is 10.1. The van der Waals surface area contributed by atoms with Gasteiger partial charge in [0.15, 0.2) is 6.23 Å². The predicted molar refractivity (Wildman–Crippen MR) is 73.9 cm³/mol. The van der Waals surface area contributed by atoms with Crippen molar-refractivity contribution in [1.29, 1.82) is 0 Å². The maximum atomic E-state index is 5.95. The van der Waals surface area contributed by atoms with Crippen molar-refractivity contribution in [3.63, 3.8) is 0 Å². The predicted octanol–water partition coefficient (Wildman–Crippen LogP) is 3.74. The molecular formula is C16H17NO. The smallest absolute Gasteiger partial charge is 0.169 e. The summed E-state index contributed by atoms with van der Waals surface area (Å²) in [4.78, 5) is 2.28. The summed E-state index contributed by atoms with van der Waals surface area (Å²) in [6.07, 6.45) is 0.0719.